The molecular formula is C36H52FN5O5. The SMILES string of the molecule is C[C@@H]1CO[C@@H](C)CN1C[C@H]1CN(C(=O)OC(C)(C)C)[C@H](C)CN1CC(=O)N1CC(C)(C)c2c1cc(Cc1ccc(F)cc1)c(=O)n2C. The average Bonchev–Trinajstić information content (AvgIpc) is 3.25. The number of carbonyl (C=O) groups is 2. The van der Waals surface area contributed by atoms with E-state index in [9.17, 15) is 18.8 Å². The van der Waals surface area contributed by atoms with E-state index in [1.54, 1.807) is 28.6 Å². The van der Waals surface area contributed by atoms with Gasteiger partial charge >= 0.3 is 6.09 Å². The molecule has 47 heavy (non-hydrogen) atoms. The normalized spacial score (nSPS) is 25.1. The second-order valence-electron chi connectivity index (χ2n) is 15.4. The smallest absolute Gasteiger partial charge is 0.410 e. The molecule has 0 saturated carbocycles. The molecule has 0 bridgehead atoms. The van der Waals surface area contributed by atoms with Gasteiger partial charge in [-0.2, -0.15) is 0 Å². The number of aromatic nitrogens is 1. The quantitative estimate of drug-likeness (QED) is 0.463. The molecule has 0 unspecified atom stereocenters. The maximum absolute atomic E-state index is 14.3. The maximum atomic E-state index is 14.3. The number of amides is 2. The molecule has 0 aliphatic carbocycles. The number of pyridine rings is 1. The van der Waals surface area contributed by atoms with Crippen molar-refractivity contribution in [1.82, 2.24) is 19.3 Å². The molecule has 5 rings (SSSR count). The van der Waals surface area contributed by atoms with Gasteiger partial charge in [-0.3, -0.25) is 19.4 Å². The van der Waals surface area contributed by atoms with Crippen LogP contribution in [0.4, 0.5) is 14.9 Å². The summed E-state index contributed by atoms with van der Waals surface area (Å²) in [6.07, 6.45) is 0.101. The molecule has 258 valence electrons. The van der Waals surface area contributed by atoms with E-state index >= 15 is 0 Å². The van der Waals surface area contributed by atoms with Crippen LogP contribution in [0, 0.1) is 5.82 Å². The lowest BCUT2D eigenvalue weighted by atomic mass is 9.90. The molecule has 1 aromatic carbocycles. The summed E-state index contributed by atoms with van der Waals surface area (Å²) < 4.78 is 26.9. The lowest BCUT2D eigenvalue weighted by Gasteiger charge is -2.48. The lowest BCUT2D eigenvalue weighted by molar-refractivity contribution is -0.122. The van der Waals surface area contributed by atoms with Gasteiger partial charge in [0.1, 0.15) is 11.4 Å². The summed E-state index contributed by atoms with van der Waals surface area (Å²) in [6, 6.07) is 7.97. The summed E-state index contributed by atoms with van der Waals surface area (Å²) in [5.74, 6) is -0.374. The van der Waals surface area contributed by atoms with Crippen LogP contribution >= 0.6 is 0 Å². The van der Waals surface area contributed by atoms with Gasteiger partial charge in [-0.25, -0.2) is 9.18 Å². The Morgan fingerprint density at radius 1 is 1.02 bits per heavy atom. The first-order chi connectivity index (χ1) is 21.9. The van der Waals surface area contributed by atoms with Crippen LogP contribution in [-0.4, -0.2) is 107 Å². The molecular weight excluding hydrogens is 601 g/mol. The molecule has 0 spiro atoms. The largest absolute Gasteiger partial charge is 0.444 e. The Kier molecular flexibility index (Phi) is 9.93. The number of piperazine rings is 1. The molecule has 3 aliphatic heterocycles. The van der Waals surface area contributed by atoms with Gasteiger partial charge in [0.15, 0.2) is 0 Å². The van der Waals surface area contributed by atoms with E-state index in [4.69, 9.17) is 9.47 Å². The number of hydrogen-bond donors (Lipinski definition) is 0. The van der Waals surface area contributed by atoms with Crippen LogP contribution in [0.15, 0.2) is 35.1 Å². The monoisotopic (exact) mass is 653 g/mol. The highest BCUT2D eigenvalue weighted by molar-refractivity contribution is 5.97. The standard InChI is InChI=1S/C36H52FN5O5/c1-23-16-40(29(18-39-17-25(3)46-21-24(39)2)19-41(23)34(45)47-35(4,5)6)20-31(43)42-22-36(7,8)32-30(42)15-27(33(44)38(32)9)14-26-10-12-28(37)13-11-26/h10-13,15,23-25,29H,14,16-22H2,1-9H3/t23-,24-,25+,29+/m1/s1. The zero-order chi connectivity index (χ0) is 34.4. The number of fused-ring (bicyclic) bond motifs is 1. The van der Waals surface area contributed by atoms with E-state index in [0.29, 0.717) is 44.8 Å². The number of anilines is 1. The van der Waals surface area contributed by atoms with Crippen LogP contribution in [-0.2, 0) is 33.2 Å². The van der Waals surface area contributed by atoms with E-state index < -0.39 is 11.0 Å². The van der Waals surface area contributed by atoms with Crippen LogP contribution in [0.2, 0.25) is 0 Å². The number of rotatable bonds is 6. The fourth-order valence-corrected chi connectivity index (χ4v) is 7.32. The Morgan fingerprint density at radius 2 is 1.70 bits per heavy atom. The second kappa shape index (κ2) is 13.3. The molecule has 11 heteroatoms. The average molecular weight is 654 g/mol. The van der Waals surface area contributed by atoms with Crippen molar-refractivity contribution in [2.75, 3.05) is 50.8 Å². The van der Waals surface area contributed by atoms with E-state index in [-0.39, 0.29) is 54.2 Å². The Bertz CT molecular complexity index is 1530. The first kappa shape index (κ1) is 35.0. The molecule has 2 fully saturated rings. The van der Waals surface area contributed by atoms with E-state index in [1.165, 1.54) is 12.1 Å². The number of halogens is 1. The molecule has 1 aromatic heterocycles. The third-order valence-electron chi connectivity index (χ3n) is 9.67. The highest BCUT2D eigenvalue weighted by Gasteiger charge is 2.43. The Morgan fingerprint density at radius 3 is 2.36 bits per heavy atom. The number of benzene rings is 1. The van der Waals surface area contributed by atoms with Gasteiger partial charge in [0.25, 0.3) is 5.56 Å². The fourth-order valence-electron chi connectivity index (χ4n) is 7.32. The van der Waals surface area contributed by atoms with Crippen molar-refractivity contribution in [1.29, 1.82) is 0 Å². The highest BCUT2D eigenvalue weighted by atomic mass is 19.1. The number of carbonyl (C=O) groups excluding carboxylic acids is 2. The van der Waals surface area contributed by atoms with Crippen LogP contribution < -0.4 is 10.5 Å². The van der Waals surface area contributed by atoms with Gasteiger partial charge in [0, 0.05) is 75.3 Å². The summed E-state index contributed by atoms with van der Waals surface area (Å²) in [4.78, 5) is 49.4. The molecule has 4 atom stereocenters. The number of ether oxygens (including phenoxy) is 2. The first-order valence-electron chi connectivity index (χ1n) is 16.8. The second-order valence-corrected chi connectivity index (χ2v) is 15.4. The predicted octanol–water partition coefficient (Wildman–Crippen LogP) is 4.16. The van der Waals surface area contributed by atoms with Crippen molar-refractivity contribution in [2.45, 2.75) is 97.1 Å². The van der Waals surface area contributed by atoms with Crippen molar-refractivity contribution in [3.8, 4) is 0 Å². The van der Waals surface area contributed by atoms with Crippen LogP contribution in [0.5, 0.6) is 0 Å². The third kappa shape index (κ3) is 7.73. The molecule has 0 N–H and O–H groups in total. The van der Waals surface area contributed by atoms with Crippen molar-refractivity contribution < 1.29 is 23.5 Å². The summed E-state index contributed by atoms with van der Waals surface area (Å²) >= 11 is 0. The van der Waals surface area contributed by atoms with Gasteiger partial charge in [0.05, 0.1) is 30.6 Å². The van der Waals surface area contributed by atoms with Gasteiger partial charge in [-0.1, -0.05) is 26.0 Å². The summed E-state index contributed by atoms with van der Waals surface area (Å²) in [7, 11) is 1.77. The van der Waals surface area contributed by atoms with Gasteiger partial charge < -0.3 is 23.8 Å². The number of hydrogen-bond acceptors (Lipinski definition) is 7. The van der Waals surface area contributed by atoms with Gasteiger partial charge in [0.2, 0.25) is 5.91 Å². The zero-order valence-corrected chi connectivity index (χ0v) is 29.5. The summed E-state index contributed by atoms with van der Waals surface area (Å²) in [5, 5.41) is 0. The van der Waals surface area contributed by atoms with Crippen LogP contribution in [0.25, 0.3) is 0 Å². The lowest BCUT2D eigenvalue weighted by Crippen LogP contribution is -2.64. The number of morpholine rings is 1. The van der Waals surface area contributed by atoms with Crippen molar-refractivity contribution >= 4 is 17.7 Å². The fraction of sp³-hybridized carbons (Fsp3) is 0.639. The minimum absolute atomic E-state index is 0.0467. The van der Waals surface area contributed by atoms with E-state index in [1.807, 2.05) is 38.7 Å². The third-order valence-corrected chi connectivity index (χ3v) is 9.67. The van der Waals surface area contributed by atoms with E-state index in [0.717, 1.165) is 23.5 Å². The Balaban J connectivity index is 1.42. The van der Waals surface area contributed by atoms with Gasteiger partial charge in [-0.05, 0) is 65.3 Å². The Hall–Kier alpha value is -3.28. The van der Waals surface area contributed by atoms with Crippen molar-refractivity contribution in [2.24, 2.45) is 7.05 Å². The van der Waals surface area contributed by atoms with Crippen molar-refractivity contribution in [3.63, 3.8) is 0 Å². The molecule has 10 nitrogen and oxygen atoms in total. The summed E-state index contributed by atoms with van der Waals surface area (Å²) in [6.45, 7) is 19.6. The molecule has 3 aliphatic rings. The Labute approximate surface area is 278 Å². The minimum Gasteiger partial charge on any atom is -0.444 e. The number of nitrogens with zero attached hydrogens (tertiary/aromatic N) is 5. The maximum Gasteiger partial charge on any atom is 0.410 e. The predicted molar refractivity (Wildman–Crippen MR) is 180 cm³/mol. The van der Waals surface area contributed by atoms with E-state index in [2.05, 4.69) is 37.5 Å². The molecule has 0 radical (unpaired) electrons. The van der Waals surface area contributed by atoms with Gasteiger partial charge in [-0.15, -0.1) is 0 Å². The minimum atomic E-state index is -0.612. The first-order valence-corrected chi connectivity index (χ1v) is 16.8. The molecule has 2 amide bonds. The zero-order valence-electron chi connectivity index (χ0n) is 29.5. The van der Waals surface area contributed by atoms with Crippen LogP contribution in [0.1, 0.15) is 72.2 Å². The van der Waals surface area contributed by atoms with Crippen molar-refractivity contribution in [3.05, 3.63) is 63.3 Å². The topological polar surface area (TPSA) is 87.6 Å². The summed E-state index contributed by atoms with van der Waals surface area (Å²) in [5.41, 5.74) is 1.79. The highest BCUT2D eigenvalue weighted by Crippen LogP contribution is 2.40. The molecule has 4 heterocycles. The van der Waals surface area contributed by atoms with Crippen LogP contribution in [0.3, 0.4) is 0 Å². The molecule has 2 saturated heterocycles. The molecule has 2 aromatic rings.